The number of nitrogens with one attached hydrogen (secondary N) is 1. The molecular weight excluding hydrogens is 506 g/mol. The normalized spacial score (nSPS) is 15.3. The highest BCUT2D eigenvalue weighted by molar-refractivity contribution is 9.10. The summed E-state index contributed by atoms with van der Waals surface area (Å²) in [5.41, 5.74) is 0.834. The highest BCUT2D eigenvalue weighted by Gasteiger charge is 2.26. The summed E-state index contributed by atoms with van der Waals surface area (Å²) in [4.78, 5) is 2.11. The predicted molar refractivity (Wildman–Crippen MR) is 125 cm³/mol. The van der Waals surface area contributed by atoms with Crippen LogP contribution in [0.4, 0.5) is 11.4 Å². The van der Waals surface area contributed by atoms with Crippen LogP contribution in [-0.4, -0.2) is 60.5 Å². The molecule has 0 saturated carbocycles. The van der Waals surface area contributed by atoms with Crippen LogP contribution in [0.1, 0.15) is 13.8 Å². The molecule has 0 aliphatic carbocycles. The molecule has 0 aromatic heterocycles. The van der Waals surface area contributed by atoms with Gasteiger partial charge in [0, 0.05) is 30.7 Å². The third kappa shape index (κ3) is 5.40. The van der Waals surface area contributed by atoms with Gasteiger partial charge < -0.3 is 9.64 Å². The molecule has 3 rings (SSSR count). The lowest BCUT2D eigenvalue weighted by molar-refractivity contribution is 0.123. The van der Waals surface area contributed by atoms with Crippen molar-refractivity contribution in [1.29, 1.82) is 0 Å². The molecule has 1 N–H and O–H groups in total. The lowest BCUT2D eigenvalue weighted by Gasteiger charge is -2.31. The zero-order chi connectivity index (χ0) is 22.6. The Balaban J connectivity index is 2.06. The first kappa shape index (κ1) is 24.0. The maximum atomic E-state index is 13.0. The van der Waals surface area contributed by atoms with Gasteiger partial charge in [0.15, 0.2) is 0 Å². The van der Waals surface area contributed by atoms with Gasteiger partial charge in [0.2, 0.25) is 10.0 Å². The first-order chi connectivity index (χ1) is 14.7. The van der Waals surface area contributed by atoms with Crippen LogP contribution < -0.4 is 9.62 Å². The number of halogens is 1. The van der Waals surface area contributed by atoms with Crippen molar-refractivity contribution >= 4 is 47.4 Å². The van der Waals surface area contributed by atoms with Crippen molar-refractivity contribution in [1.82, 2.24) is 4.31 Å². The van der Waals surface area contributed by atoms with Crippen LogP contribution >= 0.6 is 15.9 Å². The molecule has 0 atom stereocenters. The molecule has 0 radical (unpaired) electrons. The van der Waals surface area contributed by atoms with E-state index in [9.17, 15) is 16.8 Å². The fraction of sp³-hybridized carbons (Fsp3) is 0.400. The Kier molecular flexibility index (Phi) is 7.63. The molecule has 11 heteroatoms. The number of sulfonamides is 2. The van der Waals surface area contributed by atoms with Gasteiger partial charge in [-0.2, -0.15) is 4.31 Å². The fourth-order valence-corrected chi connectivity index (χ4v) is 6.18. The summed E-state index contributed by atoms with van der Waals surface area (Å²) in [6.07, 6.45) is 0. The van der Waals surface area contributed by atoms with E-state index in [0.717, 1.165) is 4.47 Å². The molecule has 2 aromatic carbocycles. The number of ether oxygens (including phenoxy) is 1. The second kappa shape index (κ2) is 9.86. The Bertz CT molecular complexity index is 1110. The molecule has 1 fully saturated rings. The molecule has 1 aliphatic rings. The van der Waals surface area contributed by atoms with Crippen LogP contribution in [0.25, 0.3) is 0 Å². The standard InChI is InChI=1S/C20H26BrN3O5S2/c1-3-24(4-2)31(27,28)18-9-10-20(23-11-13-29-14-12-23)19(15-18)22-30(25,26)17-7-5-16(21)6-8-17/h5-10,15,22H,3-4,11-14H2,1-2H3. The van der Waals surface area contributed by atoms with E-state index in [2.05, 4.69) is 20.7 Å². The maximum absolute atomic E-state index is 13.0. The first-order valence-corrected chi connectivity index (χ1v) is 13.7. The second-order valence-corrected chi connectivity index (χ2v) is 11.5. The summed E-state index contributed by atoms with van der Waals surface area (Å²) >= 11 is 3.30. The summed E-state index contributed by atoms with van der Waals surface area (Å²) in [5.74, 6) is 0. The summed E-state index contributed by atoms with van der Waals surface area (Å²) in [7, 11) is -7.67. The summed E-state index contributed by atoms with van der Waals surface area (Å²) in [5, 5.41) is 0. The van der Waals surface area contributed by atoms with Crippen LogP contribution in [0.3, 0.4) is 0 Å². The molecule has 1 heterocycles. The molecule has 1 saturated heterocycles. The lowest BCUT2D eigenvalue weighted by atomic mass is 10.2. The van der Waals surface area contributed by atoms with Crippen LogP contribution in [-0.2, 0) is 24.8 Å². The van der Waals surface area contributed by atoms with E-state index >= 15 is 0 Å². The minimum atomic E-state index is -3.92. The van der Waals surface area contributed by atoms with Crippen molar-refractivity contribution in [2.45, 2.75) is 23.6 Å². The largest absolute Gasteiger partial charge is 0.378 e. The average molecular weight is 532 g/mol. The Morgan fingerprint density at radius 1 is 0.968 bits per heavy atom. The fourth-order valence-electron chi connectivity index (χ4n) is 3.37. The second-order valence-electron chi connectivity index (χ2n) is 6.93. The number of rotatable bonds is 8. The highest BCUT2D eigenvalue weighted by Crippen LogP contribution is 2.32. The third-order valence-corrected chi connectivity index (χ3v) is 8.99. The van der Waals surface area contributed by atoms with Crippen LogP contribution in [0.15, 0.2) is 56.7 Å². The number of nitrogens with zero attached hydrogens (tertiary/aromatic N) is 2. The molecular formula is C20H26BrN3O5S2. The monoisotopic (exact) mass is 531 g/mol. The highest BCUT2D eigenvalue weighted by atomic mass is 79.9. The molecule has 31 heavy (non-hydrogen) atoms. The summed E-state index contributed by atoms with van der Waals surface area (Å²) in [6, 6.07) is 10.8. The van der Waals surface area contributed by atoms with E-state index < -0.39 is 20.0 Å². The Morgan fingerprint density at radius 2 is 1.55 bits per heavy atom. The van der Waals surface area contributed by atoms with Crippen molar-refractivity contribution in [3.63, 3.8) is 0 Å². The van der Waals surface area contributed by atoms with Crippen LogP contribution in [0.2, 0.25) is 0 Å². The van der Waals surface area contributed by atoms with E-state index in [4.69, 9.17) is 4.74 Å². The van der Waals surface area contributed by atoms with E-state index in [1.807, 2.05) is 4.90 Å². The maximum Gasteiger partial charge on any atom is 0.261 e. The van der Waals surface area contributed by atoms with Gasteiger partial charge in [-0.1, -0.05) is 29.8 Å². The lowest BCUT2D eigenvalue weighted by Crippen LogP contribution is -2.37. The predicted octanol–water partition coefficient (Wildman–Crippen LogP) is 3.12. The summed E-state index contributed by atoms with van der Waals surface area (Å²) in [6.45, 7) is 6.36. The number of anilines is 2. The number of hydrogen-bond donors (Lipinski definition) is 1. The van der Waals surface area contributed by atoms with Gasteiger partial charge in [0.25, 0.3) is 10.0 Å². The van der Waals surface area contributed by atoms with Gasteiger partial charge in [-0.15, -0.1) is 0 Å². The number of hydrogen-bond acceptors (Lipinski definition) is 6. The molecule has 8 nitrogen and oxygen atoms in total. The van der Waals surface area contributed by atoms with E-state index in [1.165, 1.54) is 28.6 Å². The molecule has 0 unspecified atom stereocenters. The van der Waals surface area contributed by atoms with Crippen LogP contribution in [0.5, 0.6) is 0 Å². The van der Waals surface area contributed by atoms with Crippen molar-refractivity contribution in [3.05, 3.63) is 46.9 Å². The Hall–Kier alpha value is -1.66. The Labute approximate surface area is 192 Å². The van der Waals surface area contributed by atoms with Crippen LogP contribution in [0, 0.1) is 0 Å². The van der Waals surface area contributed by atoms with Gasteiger partial charge in [0.05, 0.1) is 34.4 Å². The van der Waals surface area contributed by atoms with Crippen molar-refractivity contribution in [3.8, 4) is 0 Å². The van der Waals surface area contributed by atoms with Crippen molar-refractivity contribution in [2.24, 2.45) is 0 Å². The van der Waals surface area contributed by atoms with Gasteiger partial charge >= 0.3 is 0 Å². The average Bonchev–Trinajstić information content (AvgIpc) is 2.75. The van der Waals surface area contributed by atoms with E-state index in [0.29, 0.717) is 45.1 Å². The number of morpholine rings is 1. The summed E-state index contributed by atoms with van der Waals surface area (Å²) < 4.78 is 62.2. The Morgan fingerprint density at radius 3 is 2.13 bits per heavy atom. The minimum absolute atomic E-state index is 0.0433. The molecule has 0 amide bonds. The van der Waals surface area contributed by atoms with Crippen molar-refractivity contribution < 1.29 is 21.6 Å². The van der Waals surface area contributed by atoms with Gasteiger partial charge in [-0.05, 0) is 42.5 Å². The zero-order valence-corrected chi connectivity index (χ0v) is 20.6. The number of benzene rings is 2. The van der Waals surface area contributed by atoms with Crippen molar-refractivity contribution in [2.75, 3.05) is 49.0 Å². The molecule has 2 aromatic rings. The van der Waals surface area contributed by atoms with E-state index in [-0.39, 0.29) is 15.5 Å². The molecule has 170 valence electrons. The first-order valence-electron chi connectivity index (χ1n) is 9.94. The van der Waals surface area contributed by atoms with Gasteiger partial charge in [-0.25, -0.2) is 16.8 Å². The zero-order valence-electron chi connectivity index (χ0n) is 17.4. The SMILES string of the molecule is CCN(CC)S(=O)(=O)c1ccc(N2CCOCC2)c(NS(=O)(=O)c2ccc(Br)cc2)c1. The van der Waals surface area contributed by atoms with Gasteiger partial charge in [-0.3, -0.25) is 4.72 Å². The minimum Gasteiger partial charge on any atom is -0.378 e. The smallest absolute Gasteiger partial charge is 0.261 e. The third-order valence-electron chi connectivity index (χ3n) is 5.03. The molecule has 0 spiro atoms. The quantitative estimate of drug-likeness (QED) is 0.562. The topological polar surface area (TPSA) is 96.0 Å². The van der Waals surface area contributed by atoms with E-state index in [1.54, 1.807) is 32.0 Å². The molecule has 0 bridgehead atoms. The van der Waals surface area contributed by atoms with Gasteiger partial charge in [0.1, 0.15) is 0 Å². The molecule has 1 aliphatic heterocycles.